The van der Waals surface area contributed by atoms with Crippen LogP contribution < -0.4 is 10.5 Å². The van der Waals surface area contributed by atoms with E-state index in [9.17, 15) is 9.59 Å². The molecule has 1 atom stereocenters. The molecule has 196 valence electrons. The molecule has 0 bridgehead atoms. The summed E-state index contributed by atoms with van der Waals surface area (Å²) in [4.78, 5) is 36.2. The molecule has 0 aliphatic carbocycles. The summed E-state index contributed by atoms with van der Waals surface area (Å²) in [6.45, 7) is 2.81. The minimum absolute atomic E-state index is 0.0116. The van der Waals surface area contributed by atoms with Crippen LogP contribution >= 0.6 is 24.0 Å². The molecule has 0 unspecified atom stereocenters. The van der Waals surface area contributed by atoms with E-state index in [-0.39, 0.29) is 17.6 Å². The molecule has 9 heteroatoms. The molecule has 5 heterocycles. The van der Waals surface area contributed by atoms with Crippen LogP contribution in [0.3, 0.4) is 0 Å². The summed E-state index contributed by atoms with van der Waals surface area (Å²) >= 11 is 6.79. The third-order valence-corrected chi connectivity index (χ3v) is 8.97. The first-order valence-corrected chi connectivity index (χ1v) is 14.5. The molecule has 3 aromatic rings. The zero-order valence-electron chi connectivity index (χ0n) is 21.1. The number of anilines is 1. The van der Waals surface area contributed by atoms with Gasteiger partial charge in [0, 0.05) is 25.9 Å². The third kappa shape index (κ3) is 5.15. The fourth-order valence-corrected chi connectivity index (χ4v) is 6.79. The van der Waals surface area contributed by atoms with E-state index in [1.807, 2.05) is 24.3 Å². The van der Waals surface area contributed by atoms with Crippen molar-refractivity contribution in [3.63, 3.8) is 0 Å². The second kappa shape index (κ2) is 11.0. The minimum atomic E-state index is -0.179. The van der Waals surface area contributed by atoms with Crippen molar-refractivity contribution in [2.75, 3.05) is 31.1 Å². The molecular formula is C29H30N4O3S2. The van der Waals surface area contributed by atoms with Crippen LogP contribution in [0.1, 0.15) is 36.8 Å². The lowest BCUT2D eigenvalue weighted by Gasteiger charge is -2.33. The van der Waals surface area contributed by atoms with E-state index in [1.165, 1.54) is 17.3 Å². The maximum Gasteiger partial charge on any atom is 0.267 e. The van der Waals surface area contributed by atoms with Gasteiger partial charge in [-0.3, -0.25) is 18.9 Å². The molecule has 3 saturated heterocycles. The third-order valence-electron chi connectivity index (χ3n) is 7.59. The number of thiocarbonyl (C=S) groups is 1. The average molecular weight is 547 g/mol. The highest BCUT2D eigenvalue weighted by Crippen LogP contribution is 2.35. The van der Waals surface area contributed by atoms with Gasteiger partial charge in [-0.05, 0) is 61.8 Å². The van der Waals surface area contributed by atoms with Crippen molar-refractivity contribution in [3.8, 4) is 0 Å². The lowest BCUT2D eigenvalue weighted by Crippen LogP contribution is -2.37. The fourth-order valence-electron chi connectivity index (χ4n) is 5.54. The Morgan fingerprint density at radius 1 is 1.05 bits per heavy atom. The van der Waals surface area contributed by atoms with Crippen LogP contribution in [-0.4, -0.2) is 56.9 Å². The molecule has 0 N–H and O–H groups in total. The van der Waals surface area contributed by atoms with Crippen molar-refractivity contribution >= 4 is 51.7 Å². The van der Waals surface area contributed by atoms with E-state index in [0.29, 0.717) is 38.7 Å². The Morgan fingerprint density at radius 2 is 1.84 bits per heavy atom. The number of carbonyl (C=O) groups excluding carboxylic acids is 1. The predicted octanol–water partition coefficient (Wildman–Crippen LogP) is 4.53. The van der Waals surface area contributed by atoms with Gasteiger partial charge < -0.3 is 9.64 Å². The van der Waals surface area contributed by atoms with Crippen molar-refractivity contribution in [2.24, 2.45) is 5.92 Å². The van der Waals surface area contributed by atoms with Crippen molar-refractivity contribution in [3.05, 3.63) is 81.1 Å². The maximum atomic E-state index is 13.7. The summed E-state index contributed by atoms with van der Waals surface area (Å²) < 4.78 is 7.78. The van der Waals surface area contributed by atoms with Crippen molar-refractivity contribution in [1.82, 2.24) is 14.3 Å². The van der Waals surface area contributed by atoms with Crippen LogP contribution in [0.5, 0.6) is 0 Å². The Hall–Kier alpha value is -3.01. The summed E-state index contributed by atoms with van der Waals surface area (Å²) in [5.74, 6) is 1.07. The number of rotatable bonds is 6. The van der Waals surface area contributed by atoms with Gasteiger partial charge in [0.25, 0.3) is 11.5 Å². The molecule has 0 spiro atoms. The molecular weight excluding hydrogens is 516 g/mol. The van der Waals surface area contributed by atoms with Gasteiger partial charge in [0.2, 0.25) is 0 Å². The van der Waals surface area contributed by atoms with Crippen molar-refractivity contribution < 1.29 is 9.53 Å². The summed E-state index contributed by atoms with van der Waals surface area (Å²) in [5, 5.41) is 0. The maximum absolute atomic E-state index is 13.7. The van der Waals surface area contributed by atoms with Crippen LogP contribution in [0.2, 0.25) is 0 Å². The number of benzene rings is 1. The molecule has 0 saturated carbocycles. The molecule has 38 heavy (non-hydrogen) atoms. The zero-order chi connectivity index (χ0) is 26.1. The Labute approximate surface area is 231 Å². The van der Waals surface area contributed by atoms with Crippen LogP contribution in [-0.2, 0) is 16.0 Å². The second-order valence-corrected chi connectivity index (χ2v) is 11.8. The molecule has 1 aromatic carbocycles. The number of amides is 1. The Balaban J connectivity index is 1.29. The van der Waals surface area contributed by atoms with Gasteiger partial charge in [-0.1, -0.05) is 60.4 Å². The van der Waals surface area contributed by atoms with E-state index in [0.717, 1.165) is 51.8 Å². The molecule has 1 amide bonds. The lowest BCUT2D eigenvalue weighted by molar-refractivity contribution is -0.123. The van der Waals surface area contributed by atoms with E-state index in [2.05, 4.69) is 29.2 Å². The molecule has 0 radical (unpaired) electrons. The largest absolute Gasteiger partial charge is 0.376 e. The number of fused-ring (bicyclic) bond motifs is 1. The number of nitrogens with zero attached hydrogens (tertiary/aromatic N) is 4. The monoisotopic (exact) mass is 546 g/mol. The first-order chi connectivity index (χ1) is 18.6. The number of piperidine rings is 1. The number of aromatic nitrogens is 2. The van der Waals surface area contributed by atoms with E-state index in [4.69, 9.17) is 21.9 Å². The zero-order valence-corrected chi connectivity index (χ0v) is 22.8. The van der Waals surface area contributed by atoms with Gasteiger partial charge in [0.1, 0.15) is 15.8 Å². The number of pyridine rings is 1. The van der Waals surface area contributed by atoms with E-state index < -0.39 is 0 Å². The highest BCUT2D eigenvalue weighted by Gasteiger charge is 2.35. The number of hydrogen-bond acceptors (Lipinski definition) is 7. The Morgan fingerprint density at radius 3 is 2.61 bits per heavy atom. The average Bonchev–Trinajstić information content (AvgIpc) is 3.55. The Bertz CT molecular complexity index is 1440. The smallest absolute Gasteiger partial charge is 0.267 e. The van der Waals surface area contributed by atoms with Crippen LogP contribution in [0.25, 0.3) is 11.7 Å². The number of ether oxygens (including phenoxy) is 1. The van der Waals surface area contributed by atoms with Gasteiger partial charge in [-0.15, -0.1) is 0 Å². The number of carbonyl (C=O) groups is 1. The van der Waals surface area contributed by atoms with Crippen LogP contribution in [0, 0.1) is 5.92 Å². The SMILES string of the molecule is O=C1/C(=C/c2c(N3CCC(Cc4ccccc4)CC3)nc3ccccn3c2=O)SC(=S)N1C[C@H]1CCCO1. The normalized spacial score (nSPS) is 21.8. The van der Waals surface area contributed by atoms with Crippen molar-refractivity contribution in [1.29, 1.82) is 0 Å². The van der Waals surface area contributed by atoms with Gasteiger partial charge >= 0.3 is 0 Å². The topological polar surface area (TPSA) is 67.2 Å². The number of thioether (sulfide) groups is 1. The second-order valence-electron chi connectivity index (χ2n) is 10.1. The highest BCUT2D eigenvalue weighted by atomic mass is 32.2. The van der Waals surface area contributed by atoms with E-state index >= 15 is 0 Å². The molecule has 6 rings (SSSR count). The summed E-state index contributed by atoms with van der Waals surface area (Å²) in [7, 11) is 0. The van der Waals surface area contributed by atoms with Gasteiger partial charge in [0.05, 0.1) is 23.1 Å². The first-order valence-electron chi connectivity index (χ1n) is 13.2. The summed E-state index contributed by atoms with van der Waals surface area (Å²) in [6.07, 6.45) is 8.47. The van der Waals surface area contributed by atoms with Crippen molar-refractivity contribution in [2.45, 2.75) is 38.2 Å². The van der Waals surface area contributed by atoms with Gasteiger partial charge in [-0.25, -0.2) is 4.98 Å². The standard InChI is InChI=1S/C29H30N4O3S2/c34-27-23(18-24-28(35)33(29(37)38-24)19-22-9-6-16-36-22)26(30-25-10-4-5-13-32(25)27)31-14-11-21(12-15-31)17-20-7-2-1-3-8-20/h1-5,7-8,10,13,18,21-22H,6,9,11-12,14-17,19H2/b24-18-/t22-/m1/s1. The number of hydrogen-bond donors (Lipinski definition) is 0. The predicted molar refractivity (Wildman–Crippen MR) is 155 cm³/mol. The van der Waals surface area contributed by atoms with Crippen LogP contribution in [0.15, 0.2) is 64.4 Å². The molecule has 3 fully saturated rings. The first kappa shape index (κ1) is 25.3. The molecule has 7 nitrogen and oxygen atoms in total. The van der Waals surface area contributed by atoms with Gasteiger partial charge in [-0.2, -0.15) is 0 Å². The quantitative estimate of drug-likeness (QED) is 0.332. The summed E-state index contributed by atoms with van der Waals surface area (Å²) in [6, 6.07) is 16.1. The molecule has 2 aromatic heterocycles. The molecule has 3 aliphatic rings. The summed E-state index contributed by atoms with van der Waals surface area (Å²) in [5.41, 5.74) is 2.22. The molecule has 3 aliphatic heterocycles. The van der Waals surface area contributed by atoms with Crippen LogP contribution in [0.4, 0.5) is 5.82 Å². The lowest BCUT2D eigenvalue weighted by atomic mass is 9.90. The van der Waals surface area contributed by atoms with Gasteiger partial charge in [0.15, 0.2) is 0 Å². The fraction of sp³-hybridized carbons (Fsp3) is 0.379. The minimum Gasteiger partial charge on any atom is -0.376 e. The Kier molecular flexibility index (Phi) is 7.32. The highest BCUT2D eigenvalue weighted by molar-refractivity contribution is 8.26. The van der Waals surface area contributed by atoms with E-state index in [1.54, 1.807) is 21.6 Å².